The third kappa shape index (κ3) is 4.27. The monoisotopic (exact) mass is 361 g/mol. The number of carboxylic acid groups (broad SMARTS) is 1. The van der Waals surface area contributed by atoms with E-state index in [0.29, 0.717) is 12.0 Å². The van der Waals surface area contributed by atoms with Crippen molar-refractivity contribution < 1.29 is 18.3 Å². The molecule has 0 aliphatic rings. The molecule has 6 heteroatoms. The summed E-state index contributed by atoms with van der Waals surface area (Å²) in [6.07, 6.45) is 0.506. The average Bonchev–Trinajstić information content (AvgIpc) is 2.59. The Hall–Kier alpha value is -2.18. The molecule has 0 amide bonds. The van der Waals surface area contributed by atoms with E-state index in [4.69, 9.17) is 0 Å². The van der Waals surface area contributed by atoms with Crippen LogP contribution in [0.1, 0.15) is 42.3 Å². The molecule has 1 N–H and O–H groups in total. The number of hydrogen-bond acceptors (Lipinski definition) is 3. The van der Waals surface area contributed by atoms with Crippen LogP contribution in [0.3, 0.4) is 0 Å². The Morgan fingerprint density at radius 2 is 1.76 bits per heavy atom. The van der Waals surface area contributed by atoms with Crippen LogP contribution in [0.25, 0.3) is 0 Å². The Labute approximate surface area is 149 Å². The van der Waals surface area contributed by atoms with E-state index in [9.17, 15) is 18.3 Å². The number of benzene rings is 2. The minimum Gasteiger partial charge on any atom is -0.478 e. The van der Waals surface area contributed by atoms with Gasteiger partial charge in [-0.2, -0.15) is 4.31 Å². The smallest absolute Gasteiger partial charge is 0.335 e. The Bertz CT molecular complexity index is 845. The fraction of sp³-hybridized carbons (Fsp3) is 0.316. The van der Waals surface area contributed by atoms with Crippen LogP contribution in [0, 0.1) is 0 Å². The van der Waals surface area contributed by atoms with E-state index in [0.717, 1.165) is 5.56 Å². The number of nitrogens with zero attached hydrogens (tertiary/aromatic N) is 1. The van der Waals surface area contributed by atoms with Crippen molar-refractivity contribution in [2.45, 2.75) is 44.7 Å². The second kappa shape index (κ2) is 7.80. The van der Waals surface area contributed by atoms with E-state index in [1.807, 2.05) is 51.1 Å². The molecule has 2 aromatic rings. The first-order valence-corrected chi connectivity index (χ1v) is 9.63. The van der Waals surface area contributed by atoms with Gasteiger partial charge in [-0.1, -0.05) is 43.3 Å². The minimum absolute atomic E-state index is 0.0285. The van der Waals surface area contributed by atoms with Crippen LogP contribution in [0.15, 0.2) is 53.4 Å². The van der Waals surface area contributed by atoms with E-state index >= 15 is 0 Å². The van der Waals surface area contributed by atoms with Gasteiger partial charge in [0.05, 0.1) is 10.5 Å². The molecule has 0 atom stereocenters. The van der Waals surface area contributed by atoms with Crippen molar-refractivity contribution in [2.75, 3.05) is 0 Å². The van der Waals surface area contributed by atoms with Crippen LogP contribution in [-0.4, -0.2) is 29.8 Å². The molecule has 0 saturated heterocycles. The van der Waals surface area contributed by atoms with Crippen molar-refractivity contribution in [3.05, 3.63) is 65.2 Å². The molecule has 134 valence electrons. The molecule has 2 aromatic carbocycles. The van der Waals surface area contributed by atoms with Gasteiger partial charge in [0.1, 0.15) is 0 Å². The molecule has 25 heavy (non-hydrogen) atoms. The topological polar surface area (TPSA) is 74.7 Å². The van der Waals surface area contributed by atoms with Gasteiger partial charge >= 0.3 is 5.97 Å². The third-order valence-corrected chi connectivity index (χ3v) is 6.14. The molecule has 0 unspecified atom stereocenters. The number of rotatable bonds is 7. The summed E-state index contributed by atoms with van der Waals surface area (Å²) in [6, 6.07) is 13.4. The highest BCUT2D eigenvalue weighted by Gasteiger charge is 2.29. The van der Waals surface area contributed by atoms with Gasteiger partial charge < -0.3 is 5.11 Å². The zero-order valence-corrected chi connectivity index (χ0v) is 15.5. The van der Waals surface area contributed by atoms with Gasteiger partial charge in [0.2, 0.25) is 10.0 Å². The minimum atomic E-state index is -3.83. The van der Waals surface area contributed by atoms with Crippen LogP contribution in [0.4, 0.5) is 0 Å². The summed E-state index contributed by atoms with van der Waals surface area (Å²) < 4.78 is 27.9. The van der Waals surface area contributed by atoms with E-state index in [-0.39, 0.29) is 23.0 Å². The lowest BCUT2D eigenvalue weighted by atomic mass is 10.1. The fourth-order valence-electron chi connectivity index (χ4n) is 2.65. The number of carboxylic acids is 1. The zero-order valence-electron chi connectivity index (χ0n) is 14.6. The molecule has 0 spiro atoms. The van der Waals surface area contributed by atoms with Crippen LogP contribution in [-0.2, 0) is 23.0 Å². The molecule has 0 aromatic heterocycles. The lowest BCUT2D eigenvalue weighted by molar-refractivity contribution is 0.0696. The first-order valence-electron chi connectivity index (χ1n) is 8.19. The van der Waals surface area contributed by atoms with E-state index < -0.39 is 16.0 Å². The van der Waals surface area contributed by atoms with E-state index in [1.54, 1.807) is 6.07 Å². The van der Waals surface area contributed by atoms with Gasteiger partial charge in [-0.3, -0.25) is 0 Å². The second-order valence-electron chi connectivity index (χ2n) is 6.11. The highest BCUT2D eigenvalue weighted by Crippen LogP contribution is 2.26. The van der Waals surface area contributed by atoms with E-state index in [2.05, 4.69) is 0 Å². The van der Waals surface area contributed by atoms with Crippen molar-refractivity contribution in [3.63, 3.8) is 0 Å². The summed E-state index contributed by atoms with van der Waals surface area (Å²) in [4.78, 5) is 11.3. The molecule has 5 nitrogen and oxygen atoms in total. The Morgan fingerprint density at radius 1 is 1.12 bits per heavy atom. The number of hydrogen-bond donors (Lipinski definition) is 1. The molecular formula is C19H23NO4S. The predicted molar refractivity (Wildman–Crippen MR) is 97.1 cm³/mol. The molecular weight excluding hydrogens is 338 g/mol. The van der Waals surface area contributed by atoms with Gasteiger partial charge in [0.25, 0.3) is 0 Å². The molecule has 0 aliphatic carbocycles. The number of sulfonamides is 1. The predicted octanol–water partition coefficient (Wildman–Crippen LogP) is 3.55. The van der Waals surface area contributed by atoms with Crippen molar-refractivity contribution in [3.8, 4) is 0 Å². The van der Waals surface area contributed by atoms with E-state index in [1.165, 1.54) is 16.4 Å². The summed E-state index contributed by atoms with van der Waals surface area (Å²) in [5.74, 6) is -1.14. The number of carbonyl (C=O) groups is 1. The van der Waals surface area contributed by atoms with Gasteiger partial charge in [-0.15, -0.1) is 0 Å². The molecule has 0 aliphatic heterocycles. The van der Waals surface area contributed by atoms with Crippen molar-refractivity contribution in [1.29, 1.82) is 0 Å². The summed E-state index contributed by atoms with van der Waals surface area (Å²) in [7, 11) is -3.83. The fourth-order valence-corrected chi connectivity index (χ4v) is 4.60. The third-order valence-electron chi connectivity index (χ3n) is 4.04. The molecule has 0 fully saturated rings. The molecule has 0 bridgehead atoms. The Balaban J connectivity index is 2.53. The Morgan fingerprint density at radius 3 is 2.28 bits per heavy atom. The highest BCUT2D eigenvalue weighted by molar-refractivity contribution is 7.89. The molecule has 0 heterocycles. The summed E-state index contributed by atoms with van der Waals surface area (Å²) in [5.41, 5.74) is 1.47. The van der Waals surface area contributed by atoms with Gasteiger partial charge in [0, 0.05) is 12.6 Å². The number of aromatic carboxylic acids is 1. The van der Waals surface area contributed by atoms with Crippen LogP contribution in [0.5, 0.6) is 0 Å². The van der Waals surface area contributed by atoms with Gasteiger partial charge in [0.15, 0.2) is 0 Å². The maximum absolute atomic E-state index is 13.3. The quantitative estimate of drug-likeness (QED) is 0.818. The van der Waals surface area contributed by atoms with Gasteiger partial charge in [-0.05, 0) is 43.5 Å². The van der Waals surface area contributed by atoms with Crippen molar-refractivity contribution >= 4 is 16.0 Å². The standard InChI is InChI=1S/C19H23NO4S/c1-4-16-10-11-17(19(21)22)12-18(16)25(23,24)20(14(2)3)13-15-8-6-5-7-9-15/h5-12,14H,4,13H2,1-3H3,(H,21,22). The normalized spacial score (nSPS) is 11.9. The molecule has 0 radical (unpaired) electrons. The summed E-state index contributed by atoms with van der Waals surface area (Å²) >= 11 is 0. The molecule has 0 saturated carbocycles. The summed E-state index contributed by atoms with van der Waals surface area (Å²) in [5, 5.41) is 9.21. The average molecular weight is 361 g/mol. The SMILES string of the molecule is CCc1ccc(C(=O)O)cc1S(=O)(=O)N(Cc1ccccc1)C(C)C. The van der Waals surface area contributed by atoms with Gasteiger partial charge in [-0.25, -0.2) is 13.2 Å². The first kappa shape index (κ1) is 19.1. The summed E-state index contributed by atoms with van der Waals surface area (Å²) in [6.45, 7) is 5.72. The maximum atomic E-state index is 13.3. The van der Waals surface area contributed by atoms with Crippen LogP contribution < -0.4 is 0 Å². The largest absolute Gasteiger partial charge is 0.478 e. The zero-order chi connectivity index (χ0) is 18.6. The highest BCUT2D eigenvalue weighted by atomic mass is 32.2. The lowest BCUT2D eigenvalue weighted by Crippen LogP contribution is -2.37. The van der Waals surface area contributed by atoms with Crippen molar-refractivity contribution in [1.82, 2.24) is 4.31 Å². The first-order chi connectivity index (χ1) is 11.8. The van der Waals surface area contributed by atoms with Crippen LogP contribution >= 0.6 is 0 Å². The van der Waals surface area contributed by atoms with Crippen molar-refractivity contribution in [2.24, 2.45) is 0 Å². The lowest BCUT2D eigenvalue weighted by Gasteiger charge is -2.27. The molecule has 2 rings (SSSR count). The van der Waals surface area contributed by atoms with Crippen LogP contribution in [0.2, 0.25) is 0 Å². The maximum Gasteiger partial charge on any atom is 0.335 e. The Kier molecular flexibility index (Phi) is 5.98. The second-order valence-corrected chi connectivity index (χ2v) is 7.97. The number of aryl methyl sites for hydroxylation is 1.